The van der Waals surface area contributed by atoms with Crippen LogP contribution in [0.4, 0.5) is 24.5 Å². The fourth-order valence-electron chi connectivity index (χ4n) is 1.82. The molecule has 0 spiro atoms. The smallest absolute Gasteiger partial charge is 0.398 e. The summed E-state index contributed by atoms with van der Waals surface area (Å²) in [7, 11) is 0. The Morgan fingerprint density at radius 2 is 2.00 bits per heavy atom. The molecule has 0 bridgehead atoms. The molecule has 0 aliphatic heterocycles. The molecule has 19 heavy (non-hydrogen) atoms. The minimum atomic E-state index is -4.53. The molecule has 0 aromatic heterocycles. The normalized spacial score (nSPS) is 11.7. The Hall–Kier alpha value is -1.14. The first-order valence-corrected chi connectivity index (χ1v) is 6.13. The van der Waals surface area contributed by atoms with E-state index >= 15 is 0 Å². The fourth-order valence-corrected chi connectivity index (χ4v) is 2.10. The molecule has 0 amide bonds. The highest BCUT2D eigenvalue weighted by Crippen LogP contribution is 2.42. The number of likely N-dealkylation sites (N-methyl/N-ethyl adjacent to an activating group) is 1. The van der Waals surface area contributed by atoms with Gasteiger partial charge in [-0.2, -0.15) is 13.2 Å². The minimum absolute atomic E-state index is 0.172. The van der Waals surface area contributed by atoms with Crippen LogP contribution in [-0.2, 0) is 6.18 Å². The molecule has 0 radical (unpaired) electrons. The molecule has 0 aliphatic rings. The number of anilines is 2. The highest BCUT2D eigenvalue weighted by molar-refractivity contribution is 6.34. The van der Waals surface area contributed by atoms with Crippen LogP contribution in [0.3, 0.4) is 0 Å². The van der Waals surface area contributed by atoms with E-state index in [1.165, 1.54) is 6.92 Å². The predicted molar refractivity (Wildman–Crippen MR) is 70.6 cm³/mol. The van der Waals surface area contributed by atoms with Gasteiger partial charge >= 0.3 is 6.18 Å². The molecule has 108 valence electrons. The van der Waals surface area contributed by atoms with Crippen LogP contribution in [0.5, 0.6) is 0 Å². The van der Waals surface area contributed by atoms with Gasteiger partial charge in [0, 0.05) is 18.8 Å². The van der Waals surface area contributed by atoms with Gasteiger partial charge in [0.25, 0.3) is 0 Å². The van der Waals surface area contributed by atoms with Crippen molar-refractivity contribution in [1.82, 2.24) is 0 Å². The molecule has 0 atom stereocenters. The first-order valence-electron chi connectivity index (χ1n) is 5.75. The maximum absolute atomic E-state index is 12.9. The number of halogens is 4. The Kier molecular flexibility index (Phi) is 4.92. The van der Waals surface area contributed by atoms with Gasteiger partial charge in [-0.1, -0.05) is 11.6 Å². The third-order valence-electron chi connectivity index (χ3n) is 2.93. The Balaban J connectivity index is 3.44. The fraction of sp³-hybridized carbons (Fsp3) is 0.500. The number of hydrogen-bond acceptors (Lipinski definition) is 3. The monoisotopic (exact) mass is 296 g/mol. The van der Waals surface area contributed by atoms with Crippen LogP contribution in [0.1, 0.15) is 18.1 Å². The molecule has 0 fully saturated rings. The maximum Gasteiger partial charge on any atom is 0.418 e. The average molecular weight is 297 g/mol. The lowest BCUT2D eigenvalue weighted by molar-refractivity contribution is -0.136. The summed E-state index contributed by atoms with van der Waals surface area (Å²) in [6.07, 6.45) is -4.53. The standard InChI is InChI=1S/C12H16ClF3N2O/c1-3-18(4-5-19)9-6-8(12(14,15)16)11(17)7(2)10(9)13/h6,19H,3-5,17H2,1-2H3. The Bertz CT molecular complexity index is 463. The predicted octanol–water partition coefficient (Wildman–Crippen LogP) is 3.07. The molecule has 1 aromatic rings. The van der Waals surface area contributed by atoms with Crippen molar-refractivity contribution in [2.75, 3.05) is 30.3 Å². The number of rotatable bonds is 4. The van der Waals surface area contributed by atoms with E-state index in [1.807, 2.05) is 0 Å². The quantitative estimate of drug-likeness (QED) is 0.840. The number of nitrogen functional groups attached to an aromatic ring is 1. The number of nitrogens with zero attached hydrogens (tertiary/aromatic N) is 1. The van der Waals surface area contributed by atoms with Crippen molar-refractivity contribution >= 4 is 23.0 Å². The second kappa shape index (κ2) is 5.88. The van der Waals surface area contributed by atoms with E-state index in [0.717, 1.165) is 6.07 Å². The molecule has 1 aromatic carbocycles. The first-order chi connectivity index (χ1) is 8.73. The largest absolute Gasteiger partial charge is 0.418 e. The first kappa shape index (κ1) is 15.9. The van der Waals surface area contributed by atoms with Gasteiger partial charge in [-0.05, 0) is 25.5 Å². The lowest BCUT2D eigenvalue weighted by atomic mass is 10.1. The molecule has 0 heterocycles. The Morgan fingerprint density at radius 1 is 1.42 bits per heavy atom. The van der Waals surface area contributed by atoms with Gasteiger partial charge in [0.05, 0.1) is 22.9 Å². The van der Waals surface area contributed by atoms with Gasteiger partial charge < -0.3 is 15.7 Å². The number of nitrogens with two attached hydrogens (primary N) is 1. The van der Waals surface area contributed by atoms with Crippen molar-refractivity contribution in [1.29, 1.82) is 0 Å². The van der Waals surface area contributed by atoms with E-state index in [2.05, 4.69) is 0 Å². The van der Waals surface area contributed by atoms with Gasteiger partial charge in [-0.3, -0.25) is 0 Å². The summed E-state index contributed by atoms with van der Waals surface area (Å²) < 4.78 is 38.7. The summed E-state index contributed by atoms with van der Waals surface area (Å²) in [5, 5.41) is 9.12. The van der Waals surface area contributed by atoms with Crippen molar-refractivity contribution in [3.63, 3.8) is 0 Å². The summed E-state index contributed by atoms with van der Waals surface area (Å²) in [6.45, 7) is 3.68. The summed E-state index contributed by atoms with van der Waals surface area (Å²) >= 11 is 6.06. The molecule has 0 saturated carbocycles. The van der Waals surface area contributed by atoms with Crippen molar-refractivity contribution < 1.29 is 18.3 Å². The average Bonchev–Trinajstić information content (AvgIpc) is 2.32. The number of aliphatic hydroxyl groups excluding tert-OH is 1. The van der Waals surface area contributed by atoms with Crippen LogP contribution in [0, 0.1) is 6.92 Å². The zero-order valence-corrected chi connectivity index (χ0v) is 11.4. The molecular formula is C12H16ClF3N2O. The number of aliphatic hydroxyl groups is 1. The lowest BCUT2D eigenvalue weighted by Gasteiger charge is -2.26. The molecule has 0 aliphatic carbocycles. The number of benzene rings is 1. The Morgan fingerprint density at radius 3 is 2.42 bits per heavy atom. The zero-order valence-electron chi connectivity index (χ0n) is 10.7. The highest BCUT2D eigenvalue weighted by Gasteiger charge is 2.35. The second-order valence-electron chi connectivity index (χ2n) is 4.10. The van der Waals surface area contributed by atoms with Crippen molar-refractivity contribution in [2.45, 2.75) is 20.0 Å². The number of hydrogen-bond donors (Lipinski definition) is 2. The summed E-state index contributed by atoms with van der Waals surface area (Å²) in [4.78, 5) is 1.57. The summed E-state index contributed by atoms with van der Waals surface area (Å²) in [5.41, 5.74) is 4.65. The molecule has 3 N–H and O–H groups in total. The van der Waals surface area contributed by atoms with E-state index in [0.29, 0.717) is 6.54 Å². The molecule has 1 rings (SSSR count). The maximum atomic E-state index is 12.9. The van der Waals surface area contributed by atoms with E-state index in [9.17, 15) is 13.2 Å². The highest BCUT2D eigenvalue weighted by atomic mass is 35.5. The van der Waals surface area contributed by atoms with Crippen LogP contribution in [0.2, 0.25) is 5.02 Å². The molecule has 0 saturated heterocycles. The zero-order chi connectivity index (χ0) is 14.8. The molecule has 0 unspecified atom stereocenters. The second-order valence-corrected chi connectivity index (χ2v) is 4.47. The van der Waals surface area contributed by atoms with E-state index < -0.39 is 11.7 Å². The van der Waals surface area contributed by atoms with E-state index in [4.69, 9.17) is 22.4 Å². The van der Waals surface area contributed by atoms with Gasteiger partial charge in [0.2, 0.25) is 0 Å². The molecule has 3 nitrogen and oxygen atoms in total. The van der Waals surface area contributed by atoms with Gasteiger partial charge in [0.1, 0.15) is 0 Å². The number of alkyl halides is 3. The van der Waals surface area contributed by atoms with Crippen LogP contribution in [-0.4, -0.2) is 24.8 Å². The summed E-state index contributed by atoms with van der Waals surface area (Å²) in [6, 6.07) is 0.934. The van der Waals surface area contributed by atoms with Crippen molar-refractivity contribution in [3.05, 3.63) is 22.2 Å². The van der Waals surface area contributed by atoms with Gasteiger partial charge in [-0.15, -0.1) is 0 Å². The van der Waals surface area contributed by atoms with Crippen molar-refractivity contribution in [3.8, 4) is 0 Å². The lowest BCUT2D eigenvalue weighted by Crippen LogP contribution is -2.27. The van der Waals surface area contributed by atoms with E-state index in [-0.39, 0.29) is 35.1 Å². The minimum Gasteiger partial charge on any atom is -0.398 e. The van der Waals surface area contributed by atoms with Crippen LogP contribution in [0.25, 0.3) is 0 Å². The SMILES string of the molecule is CCN(CCO)c1cc(C(F)(F)F)c(N)c(C)c1Cl. The molecular weight excluding hydrogens is 281 g/mol. The van der Waals surface area contributed by atoms with Crippen LogP contribution >= 0.6 is 11.6 Å². The van der Waals surface area contributed by atoms with Gasteiger partial charge in [0.15, 0.2) is 0 Å². The third kappa shape index (κ3) is 3.25. The van der Waals surface area contributed by atoms with E-state index in [1.54, 1.807) is 11.8 Å². The Labute approximate surface area is 114 Å². The van der Waals surface area contributed by atoms with Crippen LogP contribution in [0.15, 0.2) is 6.07 Å². The third-order valence-corrected chi connectivity index (χ3v) is 3.40. The summed E-state index contributed by atoms with van der Waals surface area (Å²) in [5.74, 6) is 0. The van der Waals surface area contributed by atoms with Gasteiger partial charge in [-0.25, -0.2) is 0 Å². The topological polar surface area (TPSA) is 49.5 Å². The molecule has 7 heteroatoms. The van der Waals surface area contributed by atoms with Crippen molar-refractivity contribution in [2.24, 2.45) is 0 Å². The van der Waals surface area contributed by atoms with Crippen LogP contribution < -0.4 is 10.6 Å².